The average Bonchev–Trinajstić information content (AvgIpc) is 3.15. The molecule has 7 nitrogen and oxygen atoms in total. The standard InChI is InChI=1S/C15H16N4O3S/c1-22-9-12(20)16-15-18-17-14(23-15)10-7-13(21)19(8-10)11-5-3-2-4-6-11/h2-6,10H,7-9H2,1H3,(H,16,18,20). The van der Waals surface area contributed by atoms with Gasteiger partial charge in [0.05, 0.1) is 0 Å². The summed E-state index contributed by atoms with van der Waals surface area (Å²) in [4.78, 5) is 25.5. The van der Waals surface area contributed by atoms with Gasteiger partial charge in [-0.1, -0.05) is 29.5 Å². The van der Waals surface area contributed by atoms with Crippen LogP contribution in [0.15, 0.2) is 30.3 Å². The minimum absolute atomic E-state index is 0.00622. The van der Waals surface area contributed by atoms with Crippen molar-refractivity contribution in [3.8, 4) is 0 Å². The Bertz CT molecular complexity index is 704. The molecule has 1 N–H and O–H groups in total. The number of amides is 2. The molecular formula is C15H16N4O3S. The molecule has 1 aromatic heterocycles. The van der Waals surface area contributed by atoms with Crippen LogP contribution in [-0.2, 0) is 14.3 Å². The predicted octanol–water partition coefficient (Wildman–Crippen LogP) is 1.64. The van der Waals surface area contributed by atoms with Crippen LogP contribution in [0, 0.1) is 0 Å². The number of hydrogen-bond acceptors (Lipinski definition) is 6. The van der Waals surface area contributed by atoms with E-state index in [2.05, 4.69) is 15.5 Å². The second-order valence-corrected chi connectivity index (χ2v) is 6.18. The van der Waals surface area contributed by atoms with Crippen LogP contribution in [0.5, 0.6) is 0 Å². The highest BCUT2D eigenvalue weighted by Gasteiger charge is 2.33. The third kappa shape index (κ3) is 3.54. The number of aromatic nitrogens is 2. The largest absolute Gasteiger partial charge is 0.375 e. The molecule has 2 heterocycles. The van der Waals surface area contributed by atoms with Crippen molar-refractivity contribution < 1.29 is 14.3 Å². The lowest BCUT2D eigenvalue weighted by Crippen LogP contribution is -2.24. The zero-order valence-corrected chi connectivity index (χ0v) is 13.4. The van der Waals surface area contributed by atoms with Crippen LogP contribution >= 0.6 is 11.3 Å². The van der Waals surface area contributed by atoms with E-state index < -0.39 is 0 Å². The maximum atomic E-state index is 12.2. The lowest BCUT2D eigenvalue weighted by Gasteiger charge is -2.15. The van der Waals surface area contributed by atoms with Gasteiger partial charge in [0, 0.05) is 31.7 Å². The SMILES string of the molecule is COCC(=O)Nc1nnc(C2CC(=O)N(c3ccccc3)C2)s1. The molecule has 1 fully saturated rings. The summed E-state index contributed by atoms with van der Waals surface area (Å²) >= 11 is 1.29. The van der Waals surface area contributed by atoms with Crippen molar-refractivity contribution in [3.05, 3.63) is 35.3 Å². The van der Waals surface area contributed by atoms with Gasteiger partial charge in [0.15, 0.2) is 0 Å². The number of ether oxygens (including phenoxy) is 1. The summed E-state index contributed by atoms with van der Waals surface area (Å²) in [6.45, 7) is 0.544. The molecule has 0 radical (unpaired) electrons. The first kappa shape index (κ1) is 15.6. The smallest absolute Gasteiger partial charge is 0.252 e. The van der Waals surface area contributed by atoms with E-state index >= 15 is 0 Å². The Kier molecular flexibility index (Phi) is 4.63. The Morgan fingerprint density at radius 2 is 2.17 bits per heavy atom. The van der Waals surface area contributed by atoms with Gasteiger partial charge >= 0.3 is 0 Å². The molecule has 1 aliphatic heterocycles. The first-order valence-electron chi connectivity index (χ1n) is 7.15. The second-order valence-electron chi connectivity index (χ2n) is 5.17. The van der Waals surface area contributed by atoms with E-state index in [1.807, 2.05) is 30.3 Å². The number of carbonyl (C=O) groups is 2. The summed E-state index contributed by atoms with van der Waals surface area (Å²) in [6.07, 6.45) is 0.398. The number of benzene rings is 1. The number of anilines is 2. The number of methoxy groups -OCH3 is 1. The first-order chi connectivity index (χ1) is 11.2. The summed E-state index contributed by atoms with van der Waals surface area (Å²) in [5, 5.41) is 11.9. The summed E-state index contributed by atoms with van der Waals surface area (Å²) in [6, 6.07) is 9.56. The van der Waals surface area contributed by atoms with Gasteiger partial charge in [-0.2, -0.15) is 0 Å². The van der Waals surface area contributed by atoms with Gasteiger partial charge in [-0.15, -0.1) is 10.2 Å². The molecule has 1 unspecified atom stereocenters. The fraction of sp³-hybridized carbons (Fsp3) is 0.333. The molecule has 0 aliphatic carbocycles. The lowest BCUT2D eigenvalue weighted by molar-refractivity contribution is -0.119. The summed E-state index contributed by atoms with van der Waals surface area (Å²) in [5.74, 6) is -0.210. The van der Waals surface area contributed by atoms with Crippen molar-refractivity contribution in [2.75, 3.05) is 30.5 Å². The van der Waals surface area contributed by atoms with E-state index in [4.69, 9.17) is 4.74 Å². The second kappa shape index (κ2) is 6.84. The fourth-order valence-electron chi connectivity index (χ4n) is 2.47. The van der Waals surface area contributed by atoms with E-state index in [-0.39, 0.29) is 24.3 Å². The Morgan fingerprint density at radius 1 is 1.39 bits per heavy atom. The number of nitrogens with zero attached hydrogens (tertiary/aromatic N) is 3. The molecule has 120 valence electrons. The van der Waals surface area contributed by atoms with Gasteiger partial charge in [0.1, 0.15) is 11.6 Å². The summed E-state index contributed by atoms with van der Waals surface area (Å²) in [7, 11) is 1.45. The molecular weight excluding hydrogens is 316 g/mol. The zero-order valence-electron chi connectivity index (χ0n) is 12.6. The third-order valence-electron chi connectivity index (χ3n) is 3.50. The van der Waals surface area contributed by atoms with Gasteiger partial charge in [-0.05, 0) is 12.1 Å². The third-order valence-corrected chi connectivity index (χ3v) is 4.51. The molecule has 0 saturated carbocycles. The summed E-state index contributed by atoms with van der Waals surface area (Å²) < 4.78 is 4.75. The lowest BCUT2D eigenvalue weighted by atomic mass is 10.1. The monoisotopic (exact) mass is 332 g/mol. The van der Waals surface area contributed by atoms with Crippen LogP contribution in [0.25, 0.3) is 0 Å². The molecule has 0 spiro atoms. The predicted molar refractivity (Wildman–Crippen MR) is 86.6 cm³/mol. The molecule has 3 rings (SSSR count). The van der Waals surface area contributed by atoms with Crippen molar-refractivity contribution >= 4 is 34.0 Å². The molecule has 8 heteroatoms. The van der Waals surface area contributed by atoms with E-state index in [1.54, 1.807) is 4.90 Å². The first-order valence-corrected chi connectivity index (χ1v) is 7.96. The number of carbonyl (C=O) groups excluding carboxylic acids is 2. The van der Waals surface area contributed by atoms with Gasteiger partial charge in [0.25, 0.3) is 5.91 Å². The van der Waals surface area contributed by atoms with E-state index in [0.29, 0.717) is 18.1 Å². The van der Waals surface area contributed by atoms with Crippen LogP contribution < -0.4 is 10.2 Å². The highest BCUT2D eigenvalue weighted by molar-refractivity contribution is 7.15. The van der Waals surface area contributed by atoms with Crippen molar-refractivity contribution in [1.29, 1.82) is 0 Å². The molecule has 1 aliphatic rings. The normalized spacial score (nSPS) is 17.5. The minimum atomic E-state index is -0.274. The van der Waals surface area contributed by atoms with Crippen LogP contribution in [0.2, 0.25) is 0 Å². The Balaban J connectivity index is 1.68. The van der Waals surface area contributed by atoms with Crippen molar-refractivity contribution in [2.24, 2.45) is 0 Å². The molecule has 1 saturated heterocycles. The molecule has 23 heavy (non-hydrogen) atoms. The van der Waals surface area contributed by atoms with Gasteiger partial charge in [0.2, 0.25) is 11.0 Å². The highest BCUT2D eigenvalue weighted by Crippen LogP contribution is 2.34. The number of para-hydroxylation sites is 1. The molecule has 2 amide bonds. The van der Waals surface area contributed by atoms with Crippen molar-refractivity contribution in [3.63, 3.8) is 0 Å². The van der Waals surface area contributed by atoms with Gasteiger partial charge in [-0.3, -0.25) is 14.9 Å². The number of nitrogens with one attached hydrogen (secondary N) is 1. The van der Waals surface area contributed by atoms with Crippen LogP contribution in [0.1, 0.15) is 17.3 Å². The van der Waals surface area contributed by atoms with Gasteiger partial charge in [-0.25, -0.2) is 0 Å². The number of hydrogen-bond donors (Lipinski definition) is 1. The summed E-state index contributed by atoms with van der Waals surface area (Å²) in [5.41, 5.74) is 0.887. The molecule has 0 bridgehead atoms. The maximum Gasteiger partial charge on any atom is 0.252 e. The molecule has 1 atom stereocenters. The Labute approximate surface area is 137 Å². The van der Waals surface area contributed by atoms with Crippen LogP contribution in [-0.4, -0.2) is 42.3 Å². The van der Waals surface area contributed by atoms with E-state index in [1.165, 1.54) is 18.4 Å². The zero-order chi connectivity index (χ0) is 16.2. The quantitative estimate of drug-likeness (QED) is 0.900. The number of rotatable bonds is 5. The van der Waals surface area contributed by atoms with Crippen LogP contribution in [0.3, 0.4) is 0 Å². The Hall–Kier alpha value is -2.32. The molecule has 1 aromatic carbocycles. The maximum absolute atomic E-state index is 12.2. The fourth-order valence-corrected chi connectivity index (χ4v) is 3.32. The Morgan fingerprint density at radius 3 is 2.91 bits per heavy atom. The van der Waals surface area contributed by atoms with E-state index in [9.17, 15) is 9.59 Å². The van der Waals surface area contributed by atoms with E-state index in [0.717, 1.165) is 10.7 Å². The average molecular weight is 332 g/mol. The highest BCUT2D eigenvalue weighted by atomic mass is 32.1. The topological polar surface area (TPSA) is 84.4 Å². The van der Waals surface area contributed by atoms with Crippen molar-refractivity contribution in [1.82, 2.24) is 10.2 Å². The van der Waals surface area contributed by atoms with Crippen LogP contribution in [0.4, 0.5) is 10.8 Å². The van der Waals surface area contributed by atoms with Crippen molar-refractivity contribution in [2.45, 2.75) is 12.3 Å². The molecule has 2 aromatic rings. The minimum Gasteiger partial charge on any atom is -0.375 e. The van der Waals surface area contributed by atoms with Gasteiger partial charge < -0.3 is 9.64 Å².